The van der Waals surface area contributed by atoms with Crippen molar-refractivity contribution in [2.45, 2.75) is 50.0 Å². The quantitative estimate of drug-likeness (QED) is 0.300. The molecule has 3 atom stereocenters. The van der Waals surface area contributed by atoms with E-state index in [2.05, 4.69) is 39.1 Å². The van der Waals surface area contributed by atoms with Gasteiger partial charge in [-0.3, -0.25) is 19.0 Å². The number of fused-ring (bicyclic) bond motifs is 1. The molecule has 5 rings (SSSR count). The van der Waals surface area contributed by atoms with E-state index in [1.165, 1.54) is 22.0 Å². The number of anilines is 1. The number of aliphatic carboxylic acids is 1. The molecule has 0 bridgehead atoms. The van der Waals surface area contributed by atoms with E-state index in [0.717, 1.165) is 61.9 Å². The van der Waals surface area contributed by atoms with Crippen molar-refractivity contribution >= 4 is 40.2 Å². The first-order chi connectivity index (χ1) is 20.3. The molecule has 2 aliphatic rings. The van der Waals surface area contributed by atoms with Crippen molar-refractivity contribution in [1.29, 1.82) is 0 Å². The molecule has 224 valence electrons. The van der Waals surface area contributed by atoms with Crippen LogP contribution in [0.4, 0.5) is 5.69 Å². The normalized spacial score (nSPS) is 19.0. The lowest BCUT2D eigenvalue weighted by Crippen LogP contribution is -2.34. The first-order valence-corrected chi connectivity index (χ1v) is 15.8. The van der Waals surface area contributed by atoms with Crippen molar-refractivity contribution in [3.05, 3.63) is 70.5 Å². The Morgan fingerprint density at radius 3 is 2.86 bits per heavy atom. The van der Waals surface area contributed by atoms with Gasteiger partial charge in [0.05, 0.1) is 29.3 Å². The number of ether oxygens (including phenoxy) is 1. The Morgan fingerprint density at radius 2 is 2.10 bits per heavy atom. The summed E-state index contributed by atoms with van der Waals surface area (Å²) in [4.78, 5) is 26.3. The van der Waals surface area contributed by atoms with Crippen LogP contribution < -0.4 is 19.7 Å². The smallest absolute Gasteiger partial charge is 0.325 e. The summed E-state index contributed by atoms with van der Waals surface area (Å²) in [6.07, 6.45) is 4.43. The Bertz CT molecular complexity index is 1460. The van der Waals surface area contributed by atoms with Crippen LogP contribution in [0.15, 0.2) is 53.6 Å². The van der Waals surface area contributed by atoms with Crippen LogP contribution in [-0.4, -0.2) is 63.8 Å². The van der Waals surface area contributed by atoms with Crippen molar-refractivity contribution in [2.75, 3.05) is 37.7 Å². The van der Waals surface area contributed by atoms with E-state index in [4.69, 9.17) is 21.4 Å². The van der Waals surface area contributed by atoms with Crippen LogP contribution >= 0.6 is 11.6 Å². The van der Waals surface area contributed by atoms with Crippen molar-refractivity contribution in [3.63, 3.8) is 0 Å². The molecule has 3 aromatic rings. The number of nitrogens with one attached hydrogen (secondary N) is 2. The van der Waals surface area contributed by atoms with E-state index < -0.39 is 22.9 Å². The van der Waals surface area contributed by atoms with Gasteiger partial charge in [-0.05, 0) is 79.4 Å². The molecule has 0 radical (unpaired) electrons. The maximum Gasteiger partial charge on any atom is 0.325 e. The molecule has 1 saturated heterocycles. The molecule has 42 heavy (non-hydrogen) atoms. The second-order valence-electron chi connectivity index (χ2n) is 10.9. The minimum Gasteiger partial charge on any atom is -0.491 e. The highest BCUT2D eigenvalue weighted by Gasteiger charge is 2.29. The number of aromatic nitrogens is 2. The van der Waals surface area contributed by atoms with Crippen molar-refractivity contribution in [3.8, 4) is 5.75 Å². The number of benzene rings is 2. The molecular weight excluding hydrogens is 578 g/mol. The number of aryl methyl sites for hydroxylation is 1. The van der Waals surface area contributed by atoms with E-state index in [-0.39, 0.29) is 18.9 Å². The molecule has 3 heterocycles. The predicted octanol–water partition coefficient (Wildman–Crippen LogP) is 3.55. The number of carboxylic acids is 1. The van der Waals surface area contributed by atoms with Gasteiger partial charge in [-0.25, -0.2) is 4.21 Å². The summed E-state index contributed by atoms with van der Waals surface area (Å²) in [5.74, 6) is -0.167. The van der Waals surface area contributed by atoms with Crippen molar-refractivity contribution in [1.82, 2.24) is 19.8 Å². The monoisotopic (exact) mass is 613 g/mol. The fraction of sp³-hybridized carbons (Fsp3) is 0.433. The van der Waals surface area contributed by atoms with Gasteiger partial charge in [0, 0.05) is 30.2 Å². The van der Waals surface area contributed by atoms with Crippen LogP contribution in [0.2, 0.25) is 5.02 Å². The van der Waals surface area contributed by atoms with E-state index in [1.54, 1.807) is 12.1 Å². The maximum atomic E-state index is 13.2. The molecular formula is C30H36ClN5O5S. The fourth-order valence-electron chi connectivity index (χ4n) is 5.68. The van der Waals surface area contributed by atoms with E-state index in [0.29, 0.717) is 23.1 Å². The standard InChI is InChI=1S/C30H36ClN5O5S/c1-2-3-21-12-23(31)4-6-26(21)22-17-35(16-20-8-10-32-15-20)27-14-25(5-7-28(27)41-19-22)42(40)34-29(37)13-24-9-11-36(33-24)18-30(38)39/h4-7,9,11-12,14,20,22,32H,2-3,8,10,13,15-19H2,1H3,(H,34,37)(H,38,39). The predicted molar refractivity (Wildman–Crippen MR) is 161 cm³/mol. The Kier molecular flexibility index (Phi) is 9.81. The lowest BCUT2D eigenvalue weighted by atomic mass is 9.91. The first-order valence-electron chi connectivity index (χ1n) is 14.2. The van der Waals surface area contributed by atoms with Crippen LogP contribution in [0.25, 0.3) is 0 Å². The van der Waals surface area contributed by atoms with Crippen LogP contribution in [-0.2, 0) is 40.0 Å². The summed E-state index contributed by atoms with van der Waals surface area (Å²) >= 11 is 6.35. The largest absolute Gasteiger partial charge is 0.491 e. The van der Waals surface area contributed by atoms with Gasteiger partial charge in [-0.2, -0.15) is 5.10 Å². The van der Waals surface area contributed by atoms with Crippen LogP contribution in [0.5, 0.6) is 5.75 Å². The minimum absolute atomic E-state index is 0.115. The van der Waals surface area contributed by atoms with Gasteiger partial charge < -0.3 is 20.1 Å². The molecule has 10 nitrogen and oxygen atoms in total. The van der Waals surface area contributed by atoms with Gasteiger partial charge in [-0.1, -0.05) is 31.0 Å². The zero-order chi connectivity index (χ0) is 29.6. The molecule has 0 aliphatic carbocycles. The topological polar surface area (TPSA) is 126 Å². The summed E-state index contributed by atoms with van der Waals surface area (Å²) in [6, 6.07) is 13.1. The van der Waals surface area contributed by atoms with Gasteiger partial charge in [0.2, 0.25) is 5.91 Å². The summed E-state index contributed by atoms with van der Waals surface area (Å²) in [7, 11) is -1.80. The lowest BCUT2D eigenvalue weighted by Gasteiger charge is -2.30. The number of rotatable bonds is 11. The highest BCUT2D eigenvalue weighted by atomic mass is 35.5. The zero-order valence-electron chi connectivity index (χ0n) is 23.6. The summed E-state index contributed by atoms with van der Waals surface area (Å²) in [6.45, 7) is 5.89. The first kappa shape index (κ1) is 30.1. The Hall–Kier alpha value is -3.41. The van der Waals surface area contributed by atoms with E-state index >= 15 is 0 Å². The lowest BCUT2D eigenvalue weighted by molar-refractivity contribution is -0.137. The molecule has 2 aromatic carbocycles. The van der Waals surface area contributed by atoms with Gasteiger partial charge >= 0.3 is 5.97 Å². The van der Waals surface area contributed by atoms with Gasteiger partial charge in [0.15, 0.2) is 11.0 Å². The Balaban J connectivity index is 1.35. The summed E-state index contributed by atoms with van der Waals surface area (Å²) in [5, 5.41) is 17.2. The van der Waals surface area contributed by atoms with Gasteiger partial charge in [0.25, 0.3) is 0 Å². The van der Waals surface area contributed by atoms with E-state index in [9.17, 15) is 13.8 Å². The number of halogens is 1. The van der Waals surface area contributed by atoms with Crippen LogP contribution in [0, 0.1) is 5.92 Å². The molecule has 3 N–H and O–H groups in total. The van der Waals surface area contributed by atoms with Gasteiger partial charge in [0.1, 0.15) is 12.3 Å². The van der Waals surface area contributed by atoms with Crippen LogP contribution in [0.3, 0.4) is 0 Å². The molecule has 12 heteroatoms. The Morgan fingerprint density at radius 1 is 1.24 bits per heavy atom. The third-order valence-corrected chi connectivity index (χ3v) is 8.94. The maximum absolute atomic E-state index is 13.2. The Labute approximate surface area is 253 Å². The second kappa shape index (κ2) is 13.7. The number of carbonyl (C=O) groups excluding carboxylic acids is 1. The molecule has 0 spiro atoms. The van der Waals surface area contributed by atoms with Crippen LogP contribution in [0.1, 0.15) is 42.5 Å². The molecule has 1 fully saturated rings. The summed E-state index contributed by atoms with van der Waals surface area (Å²) in [5.41, 5.74) is 3.74. The number of hydrogen-bond acceptors (Lipinski definition) is 7. The highest BCUT2D eigenvalue weighted by molar-refractivity contribution is 7.83. The second-order valence-corrected chi connectivity index (χ2v) is 12.5. The molecule has 2 aliphatic heterocycles. The minimum atomic E-state index is -1.80. The van der Waals surface area contributed by atoms with Crippen molar-refractivity contribution < 1.29 is 23.6 Å². The van der Waals surface area contributed by atoms with E-state index in [1.807, 2.05) is 18.2 Å². The molecule has 3 unspecified atom stereocenters. The fourth-order valence-corrected chi connectivity index (χ4v) is 6.68. The number of carbonyl (C=O) groups is 2. The third kappa shape index (κ3) is 7.50. The number of amides is 1. The third-order valence-electron chi connectivity index (χ3n) is 7.61. The number of carboxylic acid groups (broad SMARTS) is 1. The SMILES string of the molecule is CCCc1cc(Cl)ccc1C1COc2ccc(S(=O)NC(=O)Cc3ccn(CC(=O)O)n3)cc2N(CC2CCNC2)C1. The van der Waals surface area contributed by atoms with Crippen molar-refractivity contribution in [2.24, 2.45) is 5.92 Å². The number of hydrogen-bond donors (Lipinski definition) is 3. The molecule has 1 amide bonds. The molecule has 1 aromatic heterocycles. The van der Waals surface area contributed by atoms with Gasteiger partial charge in [-0.15, -0.1) is 0 Å². The summed E-state index contributed by atoms with van der Waals surface area (Å²) < 4.78 is 23.4. The highest BCUT2D eigenvalue weighted by Crippen LogP contribution is 2.38. The average Bonchev–Trinajstić information content (AvgIpc) is 3.58. The average molecular weight is 614 g/mol. The molecule has 0 saturated carbocycles. The zero-order valence-corrected chi connectivity index (χ0v) is 25.1. The number of nitrogens with zero attached hydrogens (tertiary/aromatic N) is 3.